The molecule has 1 aliphatic rings. The molecule has 1 atom stereocenters. The highest BCUT2D eigenvalue weighted by molar-refractivity contribution is 6.03. The minimum atomic E-state index is -0.0603. The van der Waals surface area contributed by atoms with E-state index in [1.807, 2.05) is 0 Å². The van der Waals surface area contributed by atoms with Crippen LogP contribution in [0.3, 0.4) is 0 Å². The van der Waals surface area contributed by atoms with Gasteiger partial charge in [-0.2, -0.15) is 0 Å². The first kappa shape index (κ1) is 28.1. The number of rotatable bonds is 6. The van der Waals surface area contributed by atoms with Crippen LogP contribution in [0, 0.1) is 0 Å². The van der Waals surface area contributed by atoms with Crippen molar-refractivity contribution in [3.05, 3.63) is 210 Å². The van der Waals surface area contributed by atoms with E-state index in [2.05, 4.69) is 198 Å². The third kappa shape index (κ3) is 4.73. The topological polar surface area (TPSA) is 6.48 Å². The van der Waals surface area contributed by atoms with Gasteiger partial charge < -0.3 is 9.80 Å². The summed E-state index contributed by atoms with van der Waals surface area (Å²) in [6, 6.07) is 68.3. The van der Waals surface area contributed by atoms with E-state index < -0.39 is 0 Å². The summed E-state index contributed by atoms with van der Waals surface area (Å²) in [5, 5.41) is 5.07. The van der Waals surface area contributed by atoms with Gasteiger partial charge in [0.15, 0.2) is 0 Å². The molecule has 8 aromatic rings. The number of benzene rings is 8. The predicted octanol–water partition coefficient (Wildman–Crippen LogP) is 12.3. The van der Waals surface area contributed by atoms with Crippen LogP contribution in [0.25, 0.3) is 21.5 Å². The zero-order chi connectivity index (χ0) is 31.9. The largest absolute Gasteiger partial charge is 0.330 e. The third-order valence-corrected chi connectivity index (χ3v) is 9.76. The van der Waals surface area contributed by atoms with Gasteiger partial charge in [-0.05, 0) is 93.0 Å². The first-order valence-electron chi connectivity index (χ1n) is 16.7. The lowest BCUT2D eigenvalue weighted by Crippen LogP contribution is -2.30. The zero-order valence-corrected chi connectivity index (χ0v) is 26.6. The van der Waals surface area contributed by atoms with Crippen LogP contribution in [0.2, 0.25) is 0 Å². The lowest BCUT2D eigenvalue weighted by Gasteiger charge is -2.41. The van der Waals surface area contributed by atoms with Crippen molar-refractivity contribution in [3.8, 4) is 0 Å². The fourth-order valence-electron chi connectivity index (χ4n) is 7.69. The molecule has 0 radical (unpaired) electrons. The molecule has 9 rings (SSSR count). The van der Waals surface area contributed by atoms with Crippen molar-refractivity contribution >= 4 is 50.0 Å². The Hall–Kier alpha value is -6.12. The second kappa shape index (κ2) is 11.9. The normalized spacial score (nSPS) is 13.5. The molecule has 0 aliphatic heterocycles. The Balaban J connectivity index is 1.42. The van der Waals surface area contributed by atoms with E-state index in [-0.39, 0.29) is 6.04 Å². The van der Waals surface area contributed by atoms with Gasteiger partial charge in [0.05, 0.1) is 11.7 Å². The number of nitrogens with zero attached hydrogens (tertiary/aromatic N) is 2. The molecule has 1 unspecified atom stereocenters. The van der Waals surface area contributed by atoms with Crippen LogP contribution in [-0.2, 0) is 6.42 Å². The van der Waals surface area contributed by atoms with Crippen LogP contribution < -0.4 is 9.80 Å². The van der Waals surface area contributed by atoms with Crippen LogP contribution in [0.15, 0.2) is 188 Å². The smallest absolute Gasteiger partial charge is 0.0851 e. The van der Waals surface area contributed by atoms with Gasteiger partial charge in [0.25, 0.3) is 0 Å². The average molecular weight is 615 g/mol. The van der Waals surface area contributed by atoms with Crippen molar-refractivity contribution in [1.29, 1.82) is 0 Å². The highest BCUT2D eigenvalue weighted by atomic mass is 15.2. The number of hydrogen-bond donors (Lipinski definition) is 0. The molecule has 0 amide bonds. The van der Waals surface area contributed by atoms with E-state index in [4.69, 9.17) is 0 Å². The van der Waals surface area contributed by atoms with Crippen molar-refractivity contribution in [2.24, 2.45) is 0 Å². The summed E-state index contributed by atoms with van der Waals surface area (Å²) >= 11 is 0. The Labute approximate surface area is 281 Å². The zero-order valence-electron chi connectivity index (χ0n) is 26.6. The Kier molecular flexibility index (Phi) is 6.98. The van der Waals surface area contributed by atoms with Crippen molar-refractivity contribution in [3.63, 3.8) is 0 Å². The highest BCUT2D eigenvalue weighted by Gasteiger charge is 2.36. The average Bonchev–Trinajstić information content (AvgIpc) is 3.16. The van der Waals surface area contributed by atoms with E-state index in [1.165, 1.54) is 60.9 Å². The highest BCUT2D eigenvalue weighted by Crippen LogP contribution is 2.52. The molecule has 0 bridgehead atoms. The summed E-state index contributed by atoms with van der Waals surface area (Å²) < 4.78 is 0. The third-order valence-electron chi connectivity index (χ3n) is 9.76. The quantitative estimate of drug-likeness (QED) is 0.184. The van der Waals surface area contributed by atoms with E-state index >= 15 is 0 Å². The predicted molar refractivity (Wildman–Crippen MR) is 202 cm³/mol. The maximum absolute atomic E-state index is 2.54. The van der Waals surface area contributed by atoms with Gasteiger partial charge in [-0.25, -0.2) is 0 Å². The number of anilines is 5. The number of hydrogen-bond acceptors (Lipinski definition) is 2. The second-order valence-electron chi connectivity index (χ2n) is 12.5. The molecular formula is C46H34N2. The molecule has 0 aromatic heterocycles. The molecule has 48 heavy (non-hydrogen) atoms. The van der Waals surface area contributed by atoms with Crippen LogP contribution >= 0.6 is 0 Å². The summed E-state index contributed by atoms with van der Waals surface area (Å²) in [5.41, 5.74) is 11.3. The monoisotopic (exact) mass is 614 g/mol. The maximum atomic E-state index is 2.54. The van der Waals surface area contributed by atoms with Crippen molar-refractivity contribution in [1.82, 2.24) is 0 Å². The maximum Gasteiger partial charge on any atom is 0.0851 e. The summed E-state index contributed by atoms with van der Waals surface area (Å²) in [4.78, 5) is 5.02. The second-order valence-corrected chi connectivity index (χ2v) is 12.5. The molecule has 228 valence electrons. The Morgan fingerprint density at radius 3 is 1.44 bits per heavy atom. The molecule has 0 fully saturated rings. The molecule has 2 nitrogen and oxygen atoms in total. The molecular weight excluding hydrogens is 581 g/mol. The van der Waals surface area contributed by atoms with Gasteiger partial charge in [0, 0.05) is 34.6 Å². The lowest BCUT2D eigenvalue weighted by molar-refractivity contribution is 0.778. The van der Waals surface area contributed by atoms with E-state index in [9.17, 15) is 0 Å². The molecule has 0 saturated carbocycles. The van der Waals surface area contributed by atoms with Gasteiger partial charge >= 0.3 is 0 Å². The van der Waals surface area contributed by atoms with Crippen LogP contribution in [0.4, 0.5) is 28.4 Å². The van der Waals surface area contributed by atoms with Crippen LogP contribution in [0.1, 0.15) is 28.3 Å². The van der Waals surface area contributed by atoms with Gasteiger partial charge in [0.2, 0.25) is 0 Å². The van der Waals surface area contributed by atoms with Crippen molar-refractivity contribution in [2.75, 3.05) is 9.80 Å². The van der Waals surface area contributed by atoms with Crippen molar-refractivity contribution < 1.29 is 0 Å². The first-order chi connectivity index (χ1) is 23.8. The van der Waals surface area contributed by atoms with E-state index in [0.29, 0.717) is 0 Å². The SMILES string of the molecule is c1ccc(N(c2ccccc2)c2c3c(cc4ccccc24)C(N(c2ccccc2)c2ccccc2)c2ccc4ccccc4c2C3)cc1. The fraction of sp³-hybridized carbons (Fsp3) is 0.0435. The molecule has 0 spiro atoms. The Morgan fingerprint density at radius 2 is 0.854 bits per heavy atom. The summed E-state index contributed by atoms with van der Waals surface area (Å²) in [5.74, 6) is 0. The molecule has 1 aliphatic carbocycles. The molecule has 8 aromatic carbocycles. The molecule has 0 heterocycles. The number of fused-ring (bicyclic) bond motifs is 5. The Morgan fingerprint density at radius 1 is 0.375 bits per heavy atom. The number of para-hydroxylation sites is 4. The summed E-state index contributed by atoms with van der Waals surface area (Å²) in [7, 11) is 0. The first-order valence-corrected chi connectivity index (χ1v) is 16.7. The van der Waals surface area contributed by atoms with Gasteiger partial charge in [-0.3, -0.25) is 0 Å². The van der Waals surface area contributed by atoms with Gasteiger partial charge in [0.1, 0.15) is 0 Å². The Bertz CT molecular complexity index is 2290. The van der Waals surface area contributed by atoms with Crippen LogP contribution in [0.5, 0.6) is 0 Å². The van der Waals surface area contributed by atoms with Crippen LogP contribution in [-0.4, -0.2) is 0 Å². The van der Waals surface area contributed by atoms with Gasteiger partial charge in [-0.1, -0.05) is 133 Å². The minimum Gasteiger partial charge on any atom is -0.330 e. The molecule has 2 heteroatoms. The standard InChI is InChI=1S/C46H34N2/c1-5-19-35(20-6-1)47(36-21-7-2-8-22-36)45-40-28-16-14-18-34(40)31-43-44(45)32-42-39-27-15-13-17-33(39)29-30-41(42)46(43)48(37-23-9-3-10-24-37)38-25-11-4-12-26-38/h1-31,46H,32H2. The van der Waals surface area contributed by atoms with E-state index in [1.54, 1.807) is 0 Å². The molecule has 0 saturated heterocycles. The van der Waals surface area contributed by atoms with Crippen molar-refractivity contribution in [2.45, 2.75) is 12.5 Å². The minimum absolute atomic E-state index is 0.0603. The van der Waals surface area contributed by atoms with E-state index in [0.717, 1.165) is 17.8 Å². The lowest BCUT2D eigenvalue weighted by atomic mass is 9.77. The fourth-order valence-corrected chi connectivity index (χ4v) is 7.69. The summed E-state index contributed by atoms with van der Waals surface area (Å²) in [6.07, 6.45) is 0.830. The van der Waals surface area contributed by atoms with Gasteiger partial charge in [-0.15, -0.1) is 0 Å². The molecule has 0 N–H and O–H groups in total. The summed E-state index contributed by atoms with van der Waals surface area (Å²) in [6.45, 7) is 0.